The van der Waals surface area contributed by atoms with Gasteiger partial charge < -0.3 is 20.1 Å². The summed E-state index contributed by atoms with van der Waals surface area (Å²) >= 11 is 12.7. The van der Waals surface area contributed by atoms with Crippen LogP contribution in [0.4, 0.5) is 4.79 Å². The first-order valence-electron chi connectivity index (χ1n) is 12.2. The van der Waals surface area contributed by atoms with Gasteiger partial charge in [-0.2, -0.15) is 0 Å². The average molecular weight is 620 g/mol. The van der Waals surface area contributed by atoms with Crippen molar-refractivity contribution < 1.29 is 27.5 Å². The number of thiophene rings is 1. The zero-order valence-electron chi connectivity index (χ0n) is 22.0. The number of aliphatic imine (C=N–C) groups is 1. The molecule has 214 valence electrons. The van der Waals surface area contributed by atoms with E-state index in [1.54, 1.807) is 4.90 Å². The summed E-state index contributed by atoms with van der Waals surface area (Å²) in [4.78, 5) is 30.6. The van der Waals surface area contributed by atoms with Crippen molar-refractivity contribution in [2.24, 2.45) is 4.99 Å². The SMILES string of the molecule is CC(C)(C)OC(=O)N1CCN=C1c1ccc(CNCC(=O)COCCNCS(=O)(=O)c2cc(Cl)sc2Cl)cc1. The maximum Gasteiger partial charge on any atom is 0.416 e. The standard InChI is InChI=1S/C25H32Cl2N4O6S2/c1-25(2,3)37-24(33)31-10-8-30-23(31)18-6-4-17(5-7-18)13-29-14-19(32)15-36-11-9-28-16-39(34,35)20-12-21(26)38-22(20)27/h4-7,12,28-29H,8-11,13-16H2,1-3H3. The van der Waals surface area contributed by atoms with E-state index in [0.717, 1.165) is 22.5 Å². The number of sulfone groups is 1. The Kier molecular flexibility index (Phi) is 11.3. The molecule has 0 unspecified atom stereocenters. The van der Waals surface area contributed by atoms with Crippen LogP contribution in [0.5, 0.6) is 0 Å². The molecule has 1 aliphatic heterocycles. The van der Waals surface area contributed by atoms with Crippen molar-refractivity contribution in [1.82, 2.24) is 15.5 Å². The van der Waals surface area contributed by atoms with Crippen LogP contribution in [-0.4, -0.2) is 81.9 Å². The predicted molar refractivity (Wildman–Crippen MR) is 153 cm³/mol. The molecule has 0 atom stereocenters. The number of ketones is 1. The van der Waals surface area contributed by atoms with Crippen molar-refractivity contribution in [3.05, 3.63) is 50.1 Å². The number of halogens is 2. The highest BCUT2D eigenvalue weighted by molar-refractivity contribution is 7.91. The number of benzene rings is 1. The van der Waals surface area contributed by atoms with Crippen molar-refractivity contribution in [3.8, 4) is 0 Å². The third kappa shape index (κ3) is 9.82. The van der Waals surface area contributed by atoms with Crippen LogP contribution >= 0.6 is 34.5 Å². The molecule has 0 radical (unpaired) electrons. The van der Waals surface area contributed by atoms with E-state index in [9.17, 15) is 18.0 Å². The van der Waals surface area contributed by atoms with Gasteiger partial charge in [0.25, 0.3) is 0 Å². The van der Waals surface area contributed by atoms with Crippen LogP contribution in [0.15, 0.2) is 40.2 Å². The lowest BCUT2D eigenvalue weighted by molar-refractivity contribution is -0.122. The summed E-state index contributed by atoms with van der Waals surface area (Å²) in [5.41, 5.74) is 1.19. The van der Waals surface area contributed by atoms with E-state index in [0.29, 0.717) is 29.8 Å². The molecule has 0 saturated heterocycles. The monoisotopic (exact) mass is 618 g/mol. The summed E-state index contributed by atoms with van der Waals surface area (Å²) in [6.45, 7) is 7.41. The Labute approximate surface area is 242 Å². The lowest BCUT2D eigenvalue weighted by atomic mass is 10.1. The van der Waals surface area contributed by atoms with Crippen LogP contribution in [0.3, 0.4) is 0 Å². The molecule has 0 saturated carbocycles. The Morgan fingerprint density at radius 2 is 1.87 bits per heavy atom. The maximum absolute atomic E-state index is 12.5. The summed E-state index contributed by atoms with van der Waals surface area (Å²) in [5, 5.41) is 5.85. The van der Waals surface area contributed by atoms with Gasteiger partial charge in [0.1, 0.15) is 28.3 Å². The molecule has 39 heavy (non-hydrogen) atoms. The van der Waals surface area contributed by atoms with Crippen molar-refractivity contribution in [2.75, 3.05) is 45.3 Å². The molecule has 2 aromatic rings. The number of amides is 1. The summed E-state index contributed by atoms with van der Waals surface area (Å²) < 4.78 is 35.8. The van der Waals surface area contributed by atoms with Gasteiger partial charge in [0.05, 0.1) is 35.5 Å². The Morgan fingerprint density at radius 1 is 1.15 bits per heavy atom. The molecule has 0 bridgehead atoms. The Morgan fingerprint density at radius 3 is 2.51 bits per heavy atom. The number of hydrogen-bond acceptors (Lipinski definition) is 10. The van der Waals surface area contributed by atoms with Gasteiger partial charge in [0, 0.05) is 18.7 Å². The molecule has 3 rings (SSSR count). The lowest BCUT2D eigenvalue weighted by Gasteiger charge is -2.25. The Balaban J connectivity index is 1.32. The molecule has 14 heteroatoms. The molecule has 2 N–H and O–H groups in total. The van der Waals surface area contributed by atoms with Crippen molar-refractivity contribution >= 4 is 62.1 Å². The zero-order valence-corrected chi connectivity index (χ0v) is 25.1. The second-order valence-corrected chi connectivity index (χ2v) is 13.9. The molecule has 1 aliphatic rings. The van der Waals surface area contributed by atoms with Crippen molar-refractivity contribution in [2.45, 2.75) is 37.8 Å². The van der Waals surface area contributed by atoms with Gasteiger partial charge in [0.2, 0.25) is 0 Å². The van der Waals surface area contributed by atoms with Gasteiger partial charge in [0.15, 0.2) is 15.6 Å². The Bertz CT molecular complexity index is 1290. The molecule has 1 aromatic heterocycles. The lowest BCUT2D eigenvalue weighted by Crippen LogP contribution is -2.39. The molecule has 1 aromatic carbocycles. The van der Waals surface area contributed by atoms with Gasteiger partial charge in [-0.1, -0.05) is 47.5 Å². The van der Waals surface area contributed by atoms with Crippen LogP contribution in [0.1, 0.15) is 31.9 Å². The van der Waals surface area contributed by atoms with E-state index in [4.69, 9.17) is 32.7 Å². The summed E-state index contributed by atoms with van der Waals surface area (Å²) in [6, 6.07) is 8.92. The quantitative estimate of drug-likeness (QED) is 0.325. The van der Waals surface area contributed by atoms with Gasteiger partial charge in [-0.25, -0.2) is 13.2 Å². The van der Waals surface area contributed by atoms with Gasteiger partial charge in [-0.3, -0.25) is 14.7 Å². The highest BCUT2D eigenvalue weighted by Crippen LogP contribution is 2.34. The maximum atomic E-state index is 12.5. The fourth-order valence-corrected chi connectivity index (χ4v) is 6.89. The van der Waals surface area contributed by atoms with E-state index in [1.807, 2.05) is 45.0 Å². The van der Waals surface area contributed by atoms with Crippen LogP contribution in [-0.2, 0) is 30.7 Å². The van der Waals surface area contributed by atoms with Gasteiger partial charge >= 0.3 is 6.09 Å². The first-order chi connectivity index (χ1) is 18.4. The largest absolute Gasteiger partial charge is 0.443 e. The normalized spacial score (nSPS) is 14.0. The molecule has 10 nitrogen and oxygen atoms in total. The highest BCUT2D eigenvalue weighted by Gasteiger charge is 2.29. The smallest absolute Gasteiger partial charge is 0.416 e. The van der Waals surface area contributed by atoms with Gasteiger partial charge in [-0.15, -0.1) is 11.3 Å². The molecular formula is C25H32Cl2N4O6S2. The number of Topliss-reactive ketones (excluding diaryl/α,β-unsaturated/α-hetero) is 1. The van der Waals surface area contributed by atoms with E-state index < -0.39 is 21.5 Å². The first-order valence-corrected chi connectivity index (χ1v) is 15.4. The molecule has 0 spiro atoms. The predicted octanol–water partition coefficient (Wildman–Crippen LogP) is 3.75. The number of ether oxygens (including phenoxy) is 2. The fourth-order valence-electron chi connectivity index (χ4n) is 3.51. The van der Waals surface area contributed by atoms with E-state index in [2.05, 4.69) is 15.6 Å². The fraction of sp³-hybridized carbons (Fsp3) is 0.480. The first kappa shape index (κ1) is 31.5. The second-order valence-electron chi connectivity index (χ2n) is 9.68. The third-order valence-corrected chi connectivity index (χ3v) is 8.56. The molecule has 2 heterocycles. The van der Waals surface area contributed by atoms with Crippen molar-refractivity contribution in [1.29, 1.82) is 0 Å². The summed E-state index contributed by atoms with van der Waals surface area (Å²) in [6.07, 6.45) is -0.417. The average Bonchev–Trinajstić information content (AvgIpc) is 3.47. The zero-order chi connectivity index (χ0) is 28.6. The molecular weight excluding hydrogens is 587 g/mol. The van der Waals surface area contributed by atoms with Crippen LogP contribution in [0.25, 0.3) is 0 Å². The minimum absolute atomic E-state index is 0.00135. The topological polar surface area (TPSA) is 126 Å². The van der Waals surface area contributed by atoms with E-state index in [1.165, 1.54) is 6.07 Å². The van der Waals surface area contributed by atoms with Crippen LogP contribution < -0.4 is 10.6 Å². The minimum Gasteiger partial charge on any atom is -0.443 e. The number of rotatable bonds is 13. The molecule has 0 aliphatic carbocycles. The third-order valence-electron chi connectivity index (χ3n) is 5.26. The van der Waals surface area contributed by atoms with E-state index in [-0.39, 0.29) is 47.2 Å². The van der Waals surface area contributed by atoms with E-state index >= 15 is 0 Å². The number of carbonyl (C=O) groups is 2. The summed E-state index contributed by atoms with van der Waals surface area (Å²) in [7, 11) is -3.61. The number of amidine groups is 1. The Hall–Kier alpha value is -2.06. The van der Waals surface area contributed by atoms with Crippen LogP contribution in [0, 0.1) is 0 Å². The second kappa shape index (κ2) is 14.0. The van der Waals surface area contributed by atoms with Crippen molar-refractivity contribution in [3.63, 3.8) is 0 Å². The highest BCUT2D eigenvalue weighted by atomic mass is 35.5. The summed E-state index contributed by atoms with van der Waals surface area (Å²) in [5.74, 6) is 0.138. The number of nitrogens with one attached hydrogen (secondary N) is 2. The van der Waals surface area contributed by atoms with Gasteiger partial charge in [-0.05, 0) is 32.4 Å². The van der Waals surface area contributed by atoms with Crippen LogP contribution in [0.2, 0.25) is 8.67 Å². The molecule has 1 amide bonds. The number of hydrogen-bond donors (Lipinski definition) is 2. The number of carbonyl (C=O) groups excluding carboxylic acids is 2. The number of nitrogens with zero attached hydrogens (tertiary/aromatic N) is 2. The molecule has 0 fully saturated rings. The minimum atomic E-state index is -3.61.